The summed E-state index contributed by atoms with van der Waals surface area (Å²) >= 11 is 0. The third-order valence-electron chi connectivity index (χ3n) is 3.38. The summed E-state index contributed by atoms with van der Waals surface area (Å²) in [4.78, 5) is 0. The molecule has 1 heterocycles. The molecule has 2 nitrogen and oxygen atoms in total. The fourth-order valence-electron chi connectivity index (χ4n) is 2.41. The van der Waals surface area contributed by atoms with E-state index in [0.717, 1.165) is 0 Å². The summed E-state index contributed by atoms with van der Waals surface area (Å²) in [7, 11) is -0.494. The Hall–Kier alpha value is -2.13. The lowest BCUT2D eigenvalue weighted by atomic mass is 10.0. The lowest BCUT2D eigenvalue weighted by molar-refractivity contribution is 1.09. The van der Waals surface area contributed by atoms with Gasteiger partial charge in [-0.15, -0.1) is 0 Å². The van der Waals surface area contributed by atoms with Gasteiger partial charge in [0, 0.05) is 17.1 Å². The molecule has 94 valence electrons. The minimum absolute atomic E-state index is 0.491. The summed E-state index contributed by atoms with van der Waals surface area (Å²) in [5.41, 5.74) is 3.28. The van der Waals surface area contributed by atoms with Crippen molar-refractivity contribution in [3.8, 4) is 0 Å². The van der Waals surface area contributed by atoms with Gasteiger partial charge in [0.15, 0.2) is 0 Å². The van der Waals surface area contributed by atoms with Gasteiger partial charge in [-0.25, -0.2) is 0 Å². The van der Waals surface area contributed by atoms with E-state index in [9.17, 15) is 0 Å². The first kappa shape index (κ1) is 11.9. The zero-order valence-electron chi connectivity index (χ0n) is 10.7. The maximum Gasteiger partial charge on any atom is 0.0936 e. The molecule has 0 unspecified atom stereocenters. The highest BCUT2D eigenvalue weighted by Gasteiger charge is 2.16. The molecule has 0 atom stereocenters. The van der Waals surface area contributed by atoms with Gasteiger partial charge < -0.3 is 0 Å². The van der Waals surface area contributed by atoms with Crippen LogP contribution in [-0.2, 0) is 0 Å². The lowest BCUT2D eigenvalue weighted by Gasteiger charge is -2.16. The van der Waals surface area contributed by atoms with Crippen molar-refractivity contribution in [1.29, 1.82) is 0 Å². The molecule has 0 aliphatic heterocycles. The second kappa shape index (κ2) is 5.67. The molecule has 0 radical (unpaired) electrons. The molecule has 0 fully saturated rings. The van der Waals surface area contributed by atoms with Crippen LogP contribution in [0.3, 0.4) is 0 Å². The Kier molecular flexibility index (Phi) is 3.56. The van der Waals surface area contributed by atoms with Crippen molar-refractivity contribution in [3.05, 3.63) is 84.1 Å². The van der Waals surface area contributed by atoms with Gasteiger partial charge in [0.2, 0.25) is 0 Å². The van der Waals surface area contributed by atoms with Gasteiger partial charge in [-0.3, -0.25) is 5.10 Å². The van der Waals surface area contributed by atoms with E-state index in [1.807, 2.05) is 6.20 Å². The smallest absolute Gasteiger partial charge is 0.0936 e. The molecule has 1 aromatic heterocycles. The quantitative estimate of drug-likeness (QED) is 0.717. The van der Waals surface area contributed by atoms with Gasteiger partial charge in [0.05, 0.1) is 9.52 Å². The third-order valence-corrected chi connectivity index (χ3v) is 5.54. The largest absolute Gasteiger partial charge is 0.286 e. The number of H-pyrrole nitrogens is 1. The SMILES string of the molecule is c1ccc(C([SiH2]c2cc[nH]n2)c2ccccc2)cc1. The molecule has 0 aliphatic rings. The van der Waals surface area contributed by atoms with E-state index in [-0.39, 0.29) is 0 Å². The summed E-state index contributed by atoms with van der Waals surface area (Å²) in [5.74, 6) is 0. The average molecular weight is 264 g/mol. The van der Waals surface area contributed by atoms with Crippen molar-refractivity contribution in [3.63, 3.8) is 0 Å². The standard InChI is InChI=1S/C16H16N2Si/c1-3-7-13(8-4-1)16(14-9-5-2-6-10-14)19-15-11-12-17-18-15/h1-12,16H,19H2,(H,17,18). The fourth-order valence-corrected chi connectivity index (χ4v) is 4.28. The van der Waals surface area contributed by atoms with Crippen LogP contribution < -0.4 is 5.32 Å². The number of rotatable bonds is 4. The maximum absolute atomic E-state index is 4.34. The minimum atomic E-state index is -0.494. The molecular formula is C16H16N2Si. The van der Waals surface area contributed by atoms with Crippen LogP contribution in [0.25, 0.3) is 0 Å². The third kappa shape index (κ3) is 2.82. The zero-order valence-corrected chi connectivity index (χ0v) is 12.1. The Labute approximate surface area is 115 Å². The molecule has 0 saturated carbocycles. The number of aromatic nitrogens is 2. The van der Waals surface area contributed by atoms with Crippen molar-refractivity contribution in [1.82, 2.24) is 10.2 Å². The van der Waals surface area contributed by atoms with Gasteiger partial charge >= 0.3 is 0 Å². The normalized spacial score (nSPS) is 11.4. The Balaban J connectivity index is 1.96. The van der Waals surface area contributed by atoms with Crippen molar-refractivity contribution < 1.29 is 0 Å². The molecule has 0 spiro atoms. The lowest BCUT2D eigenvalue weighted by Crippen LogP contribution is -2.24. The summed E-state index contributed by atoms with van der Waals surface area (Å²) in [6, 6.07) is 23.6. The van der Waals surface area contributed by atoms with E-state index >= 15 is 0 Å². The van der Waals surface area contributed by atoms with E-state index in [4.69, 9.17) is 0 Å². The second-order valence-corrected chi connectivity index (χ2v) is 6.59. The highest BCUT2D eigenvalue weighted by molar-refractivity contribution is 6.54. The monoisotopic (exact) mass is 264 g/mol. The molecule has 3 rings (SSSR count). The van der Waals surface area contributed by atoms with Gasteiger partial charge in [0.25, 0.3) is 0 Å². The Bertz CT molecular complexity index is 566. The first-order chi connectivity index (χ1) is 9.43. The Morgan fingerprint density at radius 3 is 1.84 bits per heavy atom. The van der Waals surface area contributed by atoms with Crippen LogP contribution in [0.2, 0.25) is 0 Å². The van der Waals surface area contributed by atoms with Crippen molar-refractivity contribution >= 4 is 14.8 Å². The molecule has 1 N–H and O–H groups in total. The molecule has 3 heteroatoms. The number of nitrogens with one attached hydrogen (secondary N) is 1. The van der Waals surface area contributed by atoms with Crippen molar-refractivity contribution in [2.24, 2.45) is 0 Å². The van der Waals surface area contributed by atoms with Gasteiger partial charge in [-0.05, 0) is 17.2 Å². The summed E-state index contributed by atoms with van der Waals surface area (Å²) < 4.78 is 0. The van der Waals surface area contributed by atoms with Crippen molar-refractivity contribution in [2.45, 2.75) is 5.54 Å². The van der Waals surface area contributed by atoms with Gasteiger partial charge in [0.1, 0.15) is 0 Å². The van der Waals surface area contributed by atoms with Crippen LogP contribution in [0.5, 0.6) is 0 Å². The predicted octanol–water partition coefficient (Wildman–Crippen LogP) is 1.99. The van der Waals surface area contributed by atoms with Crippen LogP contribution in [0.1, 0.15) is 16.7 Å². The molecule has 3 aromatic rings. The zero-order chi connectivity index (χ0) is 12.9. The number of aromatic amines is 1. The second-order valence-electron chi connectivity index (χ2n) is 4.64. The van der Waals surface area contributed by atoms with E-state index in [2.05, 4.69) is 76.9 Å². The van der Waals surface area contributed by atoms with Gasteiger partial charge in [-0.1, -0.05) is 60.7 Å². The summed E-state index contributed by atoms with van der Waals surface area (Å²) in [5, 5.41) is 8.50. The topological polar surface area (TPSA) is 28.7 Å². The number of nitrogens with zero attached hydrogens (tertiary/aromatic N) is 1. The first-order valence-electron chi connectivity index (χ1n) is 6.52. The molecule has 0 saturated heterocycles. The molecule has 0 bridgehead atoms. The predicted molar refractivity (Wildman–Crippen MR) is 81.5 cm³/mol. The average Bonchev–Trinajstić information content (AvgIpc) is 3.00. The van der Waals surface area contributed by atoms with Gasteiger partial charge in [-0.2, -0.15) is 5.10 Å². The van der Waals surface area contributed by atoms with E-state index in [1.54, 1.807) is 0 Å². The number of benzene rings is 2. The fraction of sp³-hybridized carbons (Fsp3) is 0.0625. The van der Waals surface area contributed by atoms with Crippen LogP contribution >= 0.6 is 0 Å². The molecule has 0 amide bonds. The highest BCUT2D eigenvalue weighted by atomic mass is 28.2. The summed E-state index contributed by atoms with van der Waals surface area (Å²) in [6.45, 7) is 0. The van der Waals surface area contributed by atoms with Crippen molar-refractivity contribution in [2.75, 3.05) is 0 Å². The van der Waals surface area contributed by atoms with E-state index in [0.29, 0.717) is 5.54 Å². The highest BCUT2D eigenvalue weighted by Crippen LogP contribution is 2.22. The van der Waals surface area contributed by atoms with Crippen LogP contribution in [-0.4, -0.2) is 19.7 Å². The Morgan fingerprint density at radius 2 is 1.37 bits per heavy atom. The number of hydrogen-bond donors (Lipinski definition) is 1. The first-order valence-corrected chi connectivity index (χ1v) is 8.04. The molecule has 2 aromatic carbocycles. The Morgan fingerprint density at radius 1 is 0.789 bits per heavy atom. The minimum Gasteiger partial charge on any atom is -0.286 e. The molecule has 19 heavy (non-hydrogen) atoms. The number of hydrogen-bond acceptors (Lipinski definition) is 1. The molecule has 0 aliphatic carbocycles. The summed E-state index contributed by atoms with van der Waals surface area (Å²) in [6.07, 6.45) is 1.91. The van der Waals surface area contributed by atoms with Crippen LogP contribution in [0, 0.1) is 0 Å². The van der Waals surface area contributed by atoms with E-state index in [1.165, 1.54) is 16.4 Å². The van der Waals surface area contributed by atoms with Crippen LogP contribution in [0.15, 0.2) is 72.9 Å². The maximum atomic E-state index is 4.34. The molecular weight excluding hydrogens is 248 g/mol. The van der Waals surface area contributed by atoms with E-state index < -0.39 is 9.52 Å². The van der Waals surface area contributed by atoms with Crippen LogP contribution in [0.4, 0.5) is 0 Å².